The van der Waals surface area contributed by atoms with Gasteiger partial charge in [-0.05, 0) is 50.9 Å². The third kappa shape index (κ3) is 4.09. The zero-order chi connectivity index (χ0) is 22.5. The number of halogens is 3. The molecule has 1 N–H and O–H groups in total. The van der Waals surface area contributed by atoms with Crippen molar-refractivity contribution >= 4 is 15.9 Å². The molecule has 2 heterocycles. The molecule has 168 valence electrons. The van der Waals surface area contributed by atoms with E-state index in [0.717, 1.165) is 12.1 Å². The molecule has 2 saturated heterocycles. The van der Waals surface area contributed by atoms with Gasteiger partial charge in [0.25, 0.3) is 0 Å². The van der Waals surface area contributed by atoms with Crippen molar-refractivity contribution in [3.63, 3.8) is 0 Å². The highest BCUT2D eigenvalue weighted by molar-refractivity contribution is 7.89. The van der Waals surface area contributed by atoms with Crippen LogP contribution in [0.3, 0.4) is 0 Å². The number of likely N-dealkylation sites (N-methyl/N-ethyl adjacent to an activating group) is 1. The molecule has 0 spiro atoms. The molecule has 0 aliphatic carbocycles. The first-order valence-corrected chi connectivity index (χ1v) is 11.4. The fraction of sp³-hybridized carbons (Fsp3) is 0.650. The van der Waals surface area contributed by atoms with Gasteiger partial charge in [-0.15, -0.1) is 0 Å². The van der Waals surface area contributed by atoms with Gasteiger partial charge >= 0.3 is 6.18 Å². The third-order valence-corrected chi connectivity index (χ3v) is 8.01. The Morgan fingerprint density at radius 1 is 1.33 bits per heavy atom. The molecule has 0 radical (unpaired) electrons. The van der Waals surface area contributed by atoms with Gasteiger partial charge < -0.3 is 10.2 Å². The topological polar surface area (TPSA) is 69.7 Å². The van der Waals surface area contributed by atoms with E-state index in [4.69, 9.17) is 0 Å². The van der Waals surface area contributed by atoms with Crippen molar-refractivity contribution < 1.29 is 26.4 Å². The Morgan fingerprint density at radius 2 is 2.00 bits per heavy atom. The van der Waals surface area contributed by atoms with Gasteiger partial charge in [-0.25, -0.2) is 8.42 Å². The number of amides is 1. The average Bonchev–Trinajstić information content (AvgIpc) is 3.18. The quantitative estimate of drug-likeness (QED) is 0.728. The van der Waals surface area contributed by atoms with Gasteiger partial charge in [0.15, 0.2) is 0 Å². The summed E-state index contributed by atoms with van der Waals surface area (Å²) >= 11 is 0. The lowest BCUT2D eigenvalue weighted by atomic mass is 10.0. The van der Waals surface area contributed by atoms with E-state index in [2.05, 4.69) is 5.32 Å². The maximum Gasteiger partial charge on any atom is 0.416 e. The molecular formula is C20H28F3N3O3S. The molecule has 2 aliphatic rings. The number of carbonyl (C=O) groups is 1. The molecular weight excluding hydrogens is 419 g/mol. The van der Waals surface area contributed by atoms with E-state index < -0.39 is 27.3 Å². The van der Waals surface area contributed by atoms with Gasteiger partial charge in [0, 0.05) is 19.1 Å². The zero-order valence-corrected chi connectivity index (χ0v) is 18.3. The van der Waals surface area contributed by atoms with Crippen LogP contribution in [0, 0.1) is 5.92 Å². The number of fused-ring (bicyclic) bond motifs is 2. The van der Waals surface area contributed by atoms with Crippen LogP contribution in [0.1, 0.15) is 39.2 Å². The Morgan fingerprint density at radius 3 is 2.50 bits per heavy atom. The van der Waals surface area contributed by atoms with Gasteiger partial charge in [0.1, 0.15) is 0 Å². The molecule has 0 aromatic heterocycles. The molecule has 1 aromatic carbocycles. The minimum absolute atomic E-state index is 0.0592. The lowest BCUT2D eigenvalue weighted by molar-refractivity contribution is -0.138. The summed E-state index contributed by atoms with van der Waals surface area (Å²) in [7, 11) is -2.40. The molecule has 1 aromatic rings. The monoisotopic (exact) mass is 447 g/mol. The van der Waals surface area contributed by atoms with Crippen LogP contribution in [0.15, 0.2) is 29.2 Å². The molecule has 0 saturated carbocycles. The lowest BCUT2D eigenvalue weighted by Gasteiger charge is -2.40. The molecule has 10 heteroatoms. The maximum atomic E-state index is 13.2. The number of rotatable bonds is 6. The van der Waals surface area contributed by atoms with Gasteiger partial charge in [-0.2, -0.15) is 17.5 Å². The number of hydrogen-bond acceptors (Lipinski definition) is 4. The van der Waals surface area contributed by atoms with E-state index in [0.29, 0.717) is 24.8 Å². The first-order chi connectivity index (χ1) is 13.8. The number of nitrogens with one attached hydrogen (secondary N) is 1. The molecule has 3 atom stereocenters. The van der Waals surface area contributed by atoms with E-state index in [9.17, 15) is 26.4 Å². The zero-order valence-electron chi connectivity index (χ0n) is 17.5. The predicted octanol–water partition coefficient (Wildman–Crippen LogP) is 2.70. The number of nitrogens with zero attached hydrogens (tertiary/aromatic N) is 2. The van der Waals surface area contributed by atoms with Gasteiger partial charge in [0.2, 0.25) is 15.9 Å². The summed E-state index contributed by atoms with van der Waals surface area (Å²) in [5.41, 5.74) is -1.84. The first-order valence-electron chi connectivity index (χ1n) is 9.97. The lowest BCUT2D eigenvalue weighted by Crippen LogP contribution is -2.58. The van der Waals surface area contributed by atoms with Crippen LogP contribution >= 0.6 is 0 Å². The molecule has 0 unspecified atom stereocenters. The van der Waals surface area contributed by atoms with E-state index in [-0.39, 0.29) is 36.0 Å². The smallest absolute Gasteiger partial charge is 0.335 e. The van der Waals surface area contributed by atoms with Crippen LogP contribution in [-0.4, -0.2) is 61.3 Å². The van der Waals surface area contributed by atoms with Crippen LogP contribution in [0.2, 0.25) is 0 Å². The summed E-state index contributed by atoms with van der Waals surface area (Å²) in [5.74, 6) is 0.260. The van der Waals surface area contributed by atoms with Crippen molar-refractivity contribution in [2.75, 3.05) is 20.1 Å². The third-order valence-electron chi connectivity index (χ3n) is 5.99. The Balaban J connectivity index is 1.83. The van der Waals surface area contributed by atoms with Gasteiger partial charge in [-0.3, -0.25) is 4.79 Å². The second kappa shape index (κ2) is 7.80. The standard InChI is InChI=1S/C20H28F3N3O3S/c1-13(2)8-17(24-4)18(27)25-12-19(3)10-15(25)11-26(19)30(28,29)16-7-5-6-14(9-16)20(21,22)23/h5-7,9,13,15,17,24H,8,10-12H2,1-4H3/t15-,17+,19+/m0/s1. The Labute approximate surface area is 175 Å². The number of hydrogen-bond donors (Lipinski definition) is 1. The molecule has 2 aliphatic heterocycles. The summed E-state index contributed by atoms with van der Waals surface area (Å²) < 4.78 is 66.7. The molecule has 6 nitrogen and oxygen atoms in total. The fourth-order valence-electron chi connectivity index (χ4n) is 4.55. The summed E-state index contributed by atoms with van der Waals surface area (Å²) in [5, 5.41) is 3.04. The van der Waals surface area contributed by atoms with E-state index in [1.54, 1.807) is 18.9 Å². The van der Waals surface area contributed by atoms with Crippen LogP contribution in [-0.2, 0) is 21.0 Å². The number of alkyl halides is 3. The summed E-state index contributed by atoms with van der Waals surface area (Å²) in [6, 6.07) is 3.18. The predicted molar refractivity (Wildman–Crippen MR) is 106 cm³/mol. The van der Waals surface area contributed by atoms with Crippen LogP contribution < -0.4 is 5.32 Å². The van der Waals surface area contributed by atoms with Crippen molar-refractivity contribution in [1.29, 1.82) is 0 Å². The highest BCUT2D eigenvalue weighted by Crippen LogP contribution is 2.43. The highest BCUT2D eigenvalue weighted by atomic mass is 32.2. The number of likely N-dealkylation sites (tertiary alicyclic amines) is 1. The van der Waals surface area contributed by atoms with Crippen molar-refractivity contribution in [1.82, 2.24) is 14.5 Å². The summed E-state index contributed by atoms with van der Waals surface area (Å²) in [6.45, 7) is 6.11. The minimum Gasteiger partial charge on any atom is -0.335 e. The van der Waals surface area contributed by atoms with Crippen molar-refractivity contribution in [3.05, 3.63) is 29.8 Å². The molecule has 2 fully saturated rings. The van der Waals surface area contributed by atoms with Crippen molar-refractivity contribution in [3.8, 4) is 0 Å². The van der Waals surface area contributed by atoms with E-state index >= 15 is 0 Å². The number of piperazine rings is 1. The Kier molecular flexibility index (Phi) is 5.98. The Hall–Kier alpha value is -1.65. The minimum atomic E-state index is -4.62. The first kappa shape index (κ1) is 23.0. The molecule has 3 rings (SSSR count). The maximum absolute atomic E-state index is 13.2. The van der Waals surface area contributed by atoms with Crippen LogP contribution in [0.5, 0.6) is 0 Å². The van der Waals surface area contributed by atoms with E-state index in [1.165, 1.54) is 10.4 Å². The van der Waals surface area contributed by atoms with Crippen molar-refractivity contribution in [2.45, 2.75) is 62.3 Å². The largest absolute Gasteiger partial charge is 0.416 e. The molecule has 2 bridgehead atoms. The number of benzene rings is 1. The van der Waals surface area contributed by atoms with Gasteiger partial charge in [-0.1, -0.05) is 19.9 Å². The molecule has 30 heavy (non-hydrogen) atoms. The summed E-state index contributed by atoms with van der Waals surface area (Å²) in [6.07, 6.45) is -3.49. The second-order valence-corrected chi connectivity index (χ2v) is 10.7. The SMILES string of the molecule is CN[C@H](CC(C)C)C(=O)N1C[C@@]2(C)C[C@H]1CN2S(=O)(=O)c1cccc(C(F)(F)F)c1. The van der Waals surface area contributed by atoms with Crippen LogP contribution in [0.25, 0.3) is 0 Å². The normalized spacial score (nSPS) is 25.9. The fourth-order valence-corrected chi connectivity index (χ4v) is 6.42. The number of sulfonamides is 1. The summed E-state index contributed by atoms with van der Waals surface area (Å²) in [4.78, 5) is 14.3. The van der Waals surface area contributed by atoms with Crippen molar-refractivity contribution in [2.24, 2.45) is 5.92 Å². The Bertz CT molecular complexity index is 919. The second-order valence-electron chi connectivity index (χ2n) is 8.85. The average molecular weight is 448 g/mol. The molecule has 1 amide bonds. The highest BCUT2D eigenvalue weighted by Gasteiger charge is 2.57. The van der Waals surface area contributed by atoms with Crippen LogP contribution in [0.4, 0.5) is 13.2 Å². The van der Waals surface area contributed by atoms with E-state index in [1.807, 2.05) is 13.8 Å². The van der Waals surface area contributed by atoms with Gasteiger partial charge in [0.05, 0.1) is 22.0 Å². The number of carbonyl (C=O) groups excluding carboxylic acids is 1.